The fourth-order valence-corrected chi connectivity index (χ4v) is 6.51. The summed E-state index contributed by atoms with van der Waals surface area (Å²) in [5, 5.41) is 16.1. The van der Waals surface area contributed by atoms with Crippen molar-refractivity contribution in [3.05, 3.63) is 65.0 Å². The van der Waals surface area contributed by atoms with Gasteiger partial charge in [0, 0.05) is 29.7 Å². The number of nitrogens with one attached hydrogen (secondary N) is 2. The minimum Gasteiger partial charge on any atom is -0.354 e. The number of carbonyl (C=O) groups is 2. The number of amides is 2. The number of carbonyl (C=O) groups excluding carboxylic acids is 2. The lowest BCUT2D eigenvalue weighted by Crippen LogP contribution is -2.48. The molecule has 3 aromatic rings. The molecule has 3 rings (SSSR count). The van der Waals surface area contributed by atoms with E-state index < -0.39 is 16.1 Å². The van der Waals surface area contributed by atoms with Crippen molar-refractivity contribution in [2.75, 3.05) is 20.1 Å². The summed E-state index contributed by atoms with van der Waals surface area (Å²) in [6.45, 7) is 4.61. The number of rotatable bonds is 13. The molecule has 2 amide bonds. The lowest BCUT2D eigenvalue weighted by atomic mass is 10.0. The number of unbranched alkanes of at least 4 members (excludes halogenated alkanes) is 1. The highest BCUT2D eigenvalue weighted by atomic mass is 32.2. The molecule has 38 heavy (non-hydrogen) atoms. The van der Waals surface area contributed by atoms with E-state index in [1.165, 1.54) is 23.5 Å². The molecule has 0 saturated carbocycles. The van der Waals surface area contributed by atoms with Crippen LogP contribution in [-0.2, 0) is 26.0 Å². The van der Waals surface area contributed by atoms with E-state index in [2.05, 4.69) is 10.6 Å². The quantitative estimate of drug-likeness (QED) is 0.309. The lowest BCUT2D eigenvalue weighted by molar-refractivity contribution is -0.129. The highest BCUT2D eigenvalue weighted by molar-refractivity contribution is 7.89. The summed E-state index contributed by atoms with van der Waals surface area (Å²) in [6.07, 6.45) is 1.83. The second kappa shape index (κ2) is 13.5. The standard InChI is InChI=1S/C28H34N4O4S2/c1-20(2)16-24(31-27(33)18-23-17-21-10-4-6-12-25(21)37-23)28(34)30-14-8-9-15-32(3)38(35,36)26-13-7-5-11-22(26)19-29/h4-7,10-13,17,20,24H,8-9,14-16,18H2,1-3H3,(H,30,34)(H,31,33)/t24-/m0/s1. The third-order valence-corrected chi connectivity index (χ3v) is 9.10. The van der Waals surface area contributed by atoms with E-state index in [-0.39, 0.29) is 41.2 Å². The largest absolute Gasteiger partial charge is 0.354 e. The van der Waals surface area contributed by atoms with Gasteiger partial charge in [-0.15, -0.1) is 11.3 Å². The van der Waals surface area contributed by atoms with Crippen LogP contribution >= 0.6 is 11.3 Å². The topological polar surface area (TPSA) is 119 Å². The van der Waals surface area contributed by atoms with Gasteiger partial charge in [-0.3, -0.25) is 9.59 Å². The smallest absolute Gasteiger partial charge is 0.244 e. The third-order valence-electron chi connectivity index (χ3n) is 6.06. The molecule has 0 saturated heterocycles. The molecule has 8 nitrogen and oxygen atoms in total. The maximum Gasteiger partial charge on any atom is 0.244 e. The summed E-state index contributed by atoms with van der Waals surface area (Å²) in [5.74, 6) is -0.223. The SMILES string of the molecule is CC(C)C[C@H](NC(=O)Cc1cc2ccccc2s1)C(=O)NCCCCN(C)S(=O)(=O)c1ccccc1C#N. The predicted molar refractivity (Wildman–Crippen MR) is 150 cm³/mol. The zero-order valence-corrected chi connectivity index (χ0v) is 23.6. The molecule has 0 aliphatic carbocycles. The first-order chi connectivity index (χ1) is 18.1. The first-order valence-electron chi connectivity index (χ1n) is 12.6. The maximum atomic E-state index is 12.9. The molecule has 0 bridgehead atoms. The van der Waals surface area contributed by atoms with Crippen molar-refractivity contribution in [1.29, 1.82) is 5.26 Å². The fourth-order valence-electron chi connectivity index (χ4n) is 4.10. The van der Waals surface area contributed by atoms with Gasteiger partial charge in [0.05, 0.1) is 16.9 Å². The van der Waals surface area contributed by atoms with E-state index in [1.807, 2.05) is 50.2 Å². The molecule has 1 aromatic heterocycles. The first-order valence-corrected chi connectivity index (χ1v) is 14.9. The molecule has 2 aromatic carbocycles. The van der Waals surface area contributed by atoms with E-state index in [0.717, 1.165) is 15.0 Å². The molecule has 2 N–H and O–H groups in total. The Morgan fingerprint density at radius 3 is 2.50 bits per heavy atom. The Morgan fingerprint density at radius 1 is 1.08 bits per heavy atom. The average Bonchev–Trinajstić information content (AvgIpc) is 3.29. The van der Waals surface area contributed by atoms with Crippen molar-refractivity contribution in [2.45, 2.75) is 50.5 Å². The Bertz CT molecular complexity index is 1380. The Kier molecular flexibility index (Phi) is 10.4. The monoisotopic (exact) mass is 554 g/mol. The highest BCUT2D eigenvalue weighted by Gasteiger charge is 2.24. The molecule has 0 unspecified atom stereocenters. The van der Waals surface area contributed by atoms with E-state index in [0.29, 0.717) is 25.8 Å². The van der Waals surface area contributed by atoms with Crippen molar-refractivity contribution < 1.29 is 18.0 Å². The van der Waals surface area contributed by atoms with Gasteiger partial charge < -0.3 is 10.6 Å². The van der Waals surface area contributed by atoms with Crippen molar-refractivity contribution in [3.8, 4) is 6.07 Å². The lowest BCUT2D eigenvalue weighted by Gasteiger charge is -2.20. The summed E-state index contributed by atoms with van der Waals surface area (Å²) in [4.78, 5) is 26.5. The van der Waals surface area contributed by atoms with Crippen LogP contribution in [0.1, 0.15) is 43.6 Å². The second-order valence-corrected chi connectivity index (χ2v) is 12.8. The number of hydrogen-bond acceptors (Lipinski definition) is 6. The molecular formula is C28H34N4O4S2. The van der Waals surface area contributed by atoms with Crippen LogP contribution < -0.4 is 10.6 Å². The molecular weight excluding hydrogens is 520 g/mol. The van der Waals surface area contributed by atoms with Gasteiger partial charge in [0.2, 0.25) is 21.8 Å². The minimum absolute atomic E-state index is 0.0128. The van der Waals surface area contributed by atoms with Crippen LogP contribution in [0.25, 0.3) is 10.1 Å². The number of nitriles is 1. The first kappa shape index (κ1) is 29.3. The predicted octanol–water partition coefficient (Wildman–Crippen LogP) is 4.06. The zero-order valence-electron chi connectivity index (χ0n) is 21.9. The van der Waals surface area contributed by atoms with Crippen molar-refractivity contribution in [1.82, 2.24) is 14.9 Å². The summed E-state index contributed by atoms with van der Waals surface area (Å²) in [6, 6.07) is 17.4. The molecule has 0 aliphatic rings. The Balaban J connectivity index is 1.47. The van der Waals surface area contributed by atoms with E-state index in [4.69, 9.17) is 0 Å². The Labute approximate surface area is 228 Å². The van der Waals surface area contributed by atoms with E-state index in [9.17, 15) is 23.3 Å². The fraction of sp³-hybridized carbons (Fsp3) is 0.393. The zero-order chi connectivity index (χ0) is 27.7. The molecule has 1 heterocycles. The van der Waals surface area contributed by atoms with Crippen LogP contribution in [0.15, 0.2) is 59.5 Å². The van der Waals surface area contributed by atoms with Gasteiger partial charge in [0.15, 0.2) is 0 Å². The van der Waals surface area contributed by atoms with Crippen LogP contribution in [0, 0.1) is 17.2 Å². The molecule has 202 valence electrons. The van der Waals surface area contributed by atoms with Gasteiger partial charge in [0.25, 0.3) is 0 Å². The van der Waals surface area contributed by atoms with Crippen molar-refractivity contribution in [2.24, 2.45) is 5.92 Å². The molecule has 1 atom stereocenters. The summed E-state index contributed by atoms with van der Waals surface area (Å²) >= 11 is 1.57. The molecule has 0 fully saturated rings. The molecule has 0 spiro atoms. The van der Waals surface area contributed by atoms with Crippen LogP contribution in [-0.4, -0.2) is 50.7 Å². The molecule has 0 aliphatic heterocycles. The van der Waals surface area contributed by atoms with Gasteiger partial charge in [-0.1, -0.05) is 44.2 Å². The van der Waals surface area contributed by atoms with Gasteiger partial charge in [-0.2, -0.15) is 5.26 Å². The maximum absolute atomic E-state index is 12.9. The van der Waals surface area contributed by atoms with E-state index in [1.54, 1.807) is 23.5 Å². The Hall–Kier alpha value is -3.26. The summed E-state index contributed by atoms with van der Waals surface area (Å²) in [5.41, 5.74) is 0.109. The number of thiophene rings is 1. The van der Waals surface area contributed by atoms with Crippen LogP contribution in [0.3, 0.4) is 0 Å². The van der Waals surface area contributed by atoms with Gasteiger partial charge >= 0.3 is 0 Å². The summed E-state index contributed by atoms with van der Waals surface area (Å²) in [7, 11) is -2.30. The summed E-state index contributed by atoms with van der Waals surface area (Å²) < 4.78 is 28.0. The van der Waals surface area contributed by atoms with Gasteiger partial charge in [-0.25, -0.2) is 12.7 Å². The number of hydrogen-bond donors (Lipinski definition) is 2. The number of fused-ring (bicyclic) bond motifs is 1. The number of nitrogens with zero attached hydrogens (tertiary/aromatic N) is 2. The molecule has 10 heteroatoms. The van der Waals surface area contributed by atoms with E-state index >= 15 is 0 Å². The third kappa shape index (κ3) is 7.87. The van der Waals surface area contributed by atoms with Gasteiger partial charge in [-0.05, 0) is 54.8 Å². The minimum atomic E-state index is -3.78. The normalized spacial score (nSPS) is 12.4. The van der Waals surface area contributed by atoms with Crippen molar-refractivity contribution >= 4 is 43.3 Å². The number of benzene rings is 2. The Morgan fingerprint density at radius 2 is 1.79 bits per heavy atom. The average molecular weight is 555 g/mol. The van der Waals surface area contributed by atoms with Crippen LogP contribution in [0.2, 0.25) is 0 Å². The van der Waals surface area contributed by atoms with Crippen molar-refractivity contribution in [3.63, 3.8) is 0 Å². The molecule has 0 radical (unpaired) electrons. The van der Waals surface area contributed by atoms with Crippen LogP contribution in [0.4, 0.5) is 0 Å². The van der Waals surface area contributed by atoms with Gasteiger partial charge in [0.1, 0.15) is 12.1 Å². The van der Waals surface area contributed by atoms with Crippen LogP contribution in [0.5, 0.6) is 0 Å². The highest BCUT2D eigenvalue weighted by Crippen LogP contribution is 2.25. The number of sulfonamides is 1. The second-order valence-electron chi connectivity index (χ2n) is 9.61.